The number of hydrogen-bond acceptors (Lipinski definition) is 4. The molecule has 128 valence electrons. The van der Waals surface area contributed by atoms with Gasteiger partial charge in [-0.2, -0.15) is 0 Å². The highest BCUT2D eigenvalue weighted by Gasteiger charge is 1.94. The first-order valence-corrected chi connectivity index (χ1v) is 7.51. The van der Waals surface area contributed by atoms with Gasteiger partial charge in [0.15, 0.2) is 0 Å². The minimum atomic E-state index is -0.981. The monoisotopic (exact) mass is 330 g/mol. The van der Waals surface area contributed by atoms with Crippen LogP contribution in [0.5, 0.6) is 11.5 Å². The molecule has 0 atom stereocenters. The van der Waals surface area contributed by atoms with Gasteiger partial charge in [0.25, 0.3) is 0 Å². The zero-order chi connectivity index (χ0) is 17.5. The van der Waals surface area contributed by atoms with Crippen molar-refractivity contribution < 1.29 is 24.1 Å². The zero-order valence-electron chi connectivity index (χ0n) is 13.5. The molecule has 0 aliphatic carbocycles. The van der Waals surface area contributed by atoms with E-state index in [9.17, 15) is 4.79 Å². The van der Waals surface area contributed by atoms with E-state index >= 15 is 0 Å². The van der Waals surface area contributed by atoms with E-state index in [-0.39, 0.29) is 0 Å². The molecular formula is C19H22O5. The lowest BCUT2D eigenvalue weighted by molar-refractivity contribution is -0.131. The summed E-state index contributed by atoms with van der Waals surface area (Å²) >= 11 is 0. The number of aliphatic carboxylic acids is 1. The van der Waals surface area contributed by atoms with E-state index in [1.54, 1.807) is 0 Å². The molecule has 5 heteroatoms. The number of carbonyl (C=O) groups is 1. The Bertz CT molecular complexity index is 525. The molecule has 0 radical (unpaired) electrons. The quantitative estimate of drug-likeness (QED) is 0.564. The highest BCUT2D eigenvalue weighted by molar-refractivity contribution is 5.78. The van der Waals surface area contributed by atoms with Crippen LogP contribution in [0, 0.1) is 0 Å². The Kier molecular flexibility index (Phi) is 10.2. The molecule has 0 saturated heterocycles. The van der Waals surface area contributed by atoms with Crippen molar-refractivity contribution in [3.8, 4) is 11.5 Å². The van der Waals surface area contributed by atoms with E-state index in [2.05, 4.69) is 6.58 Å². The molecule has 2 aromatic rings. The minimum absolute atomic E-state index is 0.551. The predicted octanol–water partition coefficient (Wildman–Crippen LogP) is 3.42. The van der Waals surface area contributed by atoms with E-state index in [1.165, 1.54) is 0 Å². The van der Waals surface area contributed by atoms with Crippen molar-refractivity contribution in [2.75, 3.05) is 26.4 Å². The van der Waals surface area contributed by atoms with Crippen LogP contribution in [0.4, 0.5) is 0 Å². The molecule has 0 saturated carbocycles. The molecule has 2 aromatic carbocycles. The molecule has 0 bridgehead atoms. The van der Waals surface area contributed by atoms with Crippen LogP contribution in [0.3, 0.4) is 0 Å². The lowest BCUT2D eigenvalue weighted by Gasteiger charge is -2.08. The fraction of sp³-hybridized carbons (Fsp3) is 0.211. The number of ether oxygens (including phenoxy) is 3. The number of para-hydroxylation sites is 2. The summed E-state index contributed by atoms with van der Waals surface area (Å²) in [6.45, 7) is 5.19. The van der Waals surface area contributed by atoms with Gasteiger partial charge in [-0.05, 0) is 24.3 Å². The third-order valence-corrected chi connectivity index (χ3v) is 2.65. The third kappa shape index (κ3) is 10.0. The lowest BCUT2D eigenvalue weighted by Crippen LogP contribution is -2.12. The number of rotatable bonds is 9. The van der Waals surface area contributed by atoms with Gasteiger partial charge >= 0.3 is 5.97 Å². The summed E-state index contributed by atoms with van der Waals surface area (Å²) in [5, 5.41) is 7.60. The highest BCUT2D eigenvalue weighted by Crippen LogP contribution is 2.08. The van der Waals surface area contributed by atoms with Crippen molar-refractivity contribution in [2.45, 2.75) is 0 Å². The Morgan fingerprint density at radius 2 is 1.21 bits per heavy atom. The average Bonchev–Trinajstić information content (AvgIpc) is 2.63. The Labute approximate surface area is 142 Å². The number of carboxylic acids is 1. The van der Waals surface area contributed by atoms with Crippen LogP contribution in [0.15, 0.2) is 73.3 Å². The molecule has 0 fully saturated rings. The molecule has 0 aliphatic heterocycles. The Hall–Kier alpha value is -2.79. The van der Waals surface area contributed by atoms with Gasteiger partial charge in [0.05, 0.1) is 13.2 Å². The molecule has 2 rings (SSSR count). The molecule has 0 aliphatic rings. The van der Waals surface area contributed by atoms with Gasteiger partial charge in [-0.15, -0.1) is 0 Å². The molecule has 0 amide bonds. The lowest BCUT2D eigenvalue weighted by atomic mass is 10.3. The van der Waals surface area contributed by atoms with Crippen LogP contribution in [0.1, 0.15) is 0 Å². The third-order valence-electron chi connectivity index (χ3n) is 2.65. The minimum Gasteiger partial charge on any atom is -0.491 e. The number of carboxylic acid groups (broad SMARTS) is 1. The van der Waals surface area contributed by atoms with Gasteiger partial charge in [-0.25, -0.2) is 4.79 Å². The molecule has 0 unspecified atom stereocenters. The maximum absolute atomic E-state index is 9.25. The topological polar surface area (TPSA) is 65.0 Å². The molecule has 0 aromatic heterocycles. The standard InChI is InChI=1S/C16H18O3.C3H4O2/c1-3-7-15(8-4-1)18-13-11-17-12-14-19-16-9-5-2-6-10-16;1-2-3(4)5/h1-10H,11-14H2;2H,1H2,(H,4,5). The van der Waals surface area contributed by atoms with Crippen molar-refractivity contribution in [3.63, 3.8) is 0 Å². The first-order chi connectivity index (χ1) is 11.7. The smallest absolute Gasteiger partial charge is 0.327 e. The summed E-state index contributed by atoms with van der Waals surface area (Å²) in [6, 6.07) is 19.4. The largest absolute Gasteiger partial charge is 0.491 e. The van der Waals surface area contributed by atoms with Crippen molar-refractivity contribution in [1.29, 1.82) is 0 Å². The van der Waals surface area contributed by atoms with E-state index in [0.717, 1.165) is 17.6 Å². The summed E-state index contributed by atoms with van der Waals surface area (Å²) in [6.07, 6.45) is 0.833. The van der Waals surface area contributed by atoms with E-state index in [4.69, 9.17) is 19.3 Å². The first-order valence-electron chi connectivity index (χ1n) is 7.51. The first kappa shape index (κ1) is 19.3. The van der Waals surface area contributed by atoms with Crippen LogP contribution in [0.25, 0.3) is 0 Å². The van der Waals surface area contributed by atoms with Crippen LogP contribution < -0.4 is 9.47 Å². The number of hydrogen-bond donors (Lipinski definition) is 1. The second-order valence-corrected chi connectivity index (χ2v) is 4.48. The molecule has 5 nitrogen and oxygen atoms in total. The van der Waals surface area contributed by atoms with Gasteiger partial charge in [0.1, 0.15) is 24.7 Å². The summed E-state index contributed by atoms with van der Waals surface area (Å²) in [4.78, 5) is 9.25. The molecular weight excluding hydrogens is 308 g/mol. The maximum atomic E-state index is 9.25. The van der Waals surface area contributed by atoms with Crippen LogP contribution in [-0.2, 0) is 9.53 Å². The van der Waals surface area contributed by atoms with Crippen LogP contribution >= 0.6 is 0 Å². The van der Waals surface area contributed by atoms with Crippen LogP contribution in [-0.4, -0.2) is 37.5 Å². The Balaban J connectivity index is 0.000000505. The van der Waals surface area contributed by atoms with Crippen molar-refractivity contribution in [3.05, 3.63) is 73.3 Å². The molecule has 1 N–H and O–H groups in total. The summed E-state index contributed by atoms with van der Waals surface area (Å²) in [7, 11) is 0. The fourth-order valence-corrected chi connectivity index (χ4v) is 1.57. The molecule has 0 spiro atoms. The van der Waals surface area contributed by atoms with Gasteiger partial charge in [-0.1, -0.05) is 43.0 Å². The van der Waals surface area contributed by atoms with Gasteiger partial charge < -0.3 is 19.3 Å². The van der Waals surface area contributed by atoms with E-state index < -0.39 is 5.97 Å². The maximum Gasteiger partial charge on any atom is 0.327 e. The highest BCUT2D eigenvalue weighted by atomic mass is 16.5. The number of benzene rings is 2. The van der Waals surface area contributed by atoms with Gasteiger partial charge in [0, 0.05) is 6.08 Å². The Morgan fingerprint density at radius 1 is 0.833 bits per heavy atom. The van der Waals surface area contributed by atoms with E-state index in [0.29, 0.717) is 26.4 Å². The average molecular weight is 330 g/mol. The summed E-state index contributed by atoms with van der Waals surface area (Å²) in [5.74, 6) is 0.753. The fourth-order valence-electron chi connectivity index (χ4n) is 1.57. The van der Waals surface area contributed by atoms with Crippen LogP contribution in [0.2, 0.25) is 0 Å². The molecule has 24 heavy (non-hydrogen) atoms. The predicted molar refractivity (Wildman–Crippen MR) is 92.5 cm³/mol. The van der Waals surface area contributed by atoms with Crippen molar-refractivity contribution in [1.82, 2.24) is 0 Å². The summed E-state index contributed by atoms with van der Waals surface area (Å²) < 4.78 is 16.4. The van der Waals surface area contributed by atoms with Gasteiger partial charge in [-0.3, -0.25) is 0 Å². The second-order valence-electron chi connectivity index (χ2n) is 4.48. The Morgan fingerprint density at radius 3 is 1.54 bits per heavy atom. The summed E-state index contributed by atoms with van der Waals surface area (Å²) in [5.41, 5.74) is 0. The SMILES string of the molecule is C=CC(=O)O.c1ccc(OCCOCCOc2ccccc2)cc1. The molecule has 0 heterocycles. The van der Waals surface area contributed by atoms with Crippen molar-refractivity contribution >= 4 is 5.97 Å². The van der Waals surface area contributed by atoms with E-state index in [1.807, 2.05) is 60.7 Å². The van der Waals surface area contributed by atoms with Gasteiger partial charge in [0.2, 0.25) is 0 Å². The normalized spacial score (nSPS) is 9.33. The van der Waals surface area contributed by atoms with Crippen molar-refractivity contribution in [2.24, 2.45) is 0 Å². The second kappa shape index (κ2) is 12.7. The zero-order valence-corrected chi connectivity index (χ0v) is 13.5.